The topological polar surface area (TPSA) is 17.3 Å². The molecule has 0 saturated carbocycles. The summed E-state index contributed by atoms with van der Waals surface area (Å²) in [6.07, 6.45) is 2.97. The van der Waals surface area contributed by atoms with Gasteiger partial charge in [0.25, 0.3) is 0 Å². The van der Waals surface area contributed by atoms with Gasteiger partial charge in [-0.1, -0.05) is 108 Å². The summed E-state index contributed by atoms with van der Waals surface area (Å²) in [5.41, 5.74) is 10.4. The number of para-hydroxylation sites is 1. The molecule has 0 bridgehead atoms. The summed E-state index contributed by atoms with van der Waals surface area (Å²) >= 11 is 0. The van der Waals surface area contributed by atoms with Crippen molar-refractivity contribution in [2.75, 3.05) is 0 Å². The van der Waals surface area contributed by atoms with E-state index in [1.165, 1.54) is 76.5 Å². The fourth-order valence-corrected chi connectivity index (χ4v) is 7.19. The average molecular weight is 545 g/mol. The lowest BCUT2D eigenvalue weighted by Gasteiger charge is -2.25. The van der Waals surface area contributed by atoms with E-state index < -0.39 is 0 Å². The minimum Gasteiger partial charge on any atom is -0.308 e. The molecule has 0 fully saturated rings. The molecule has 8 rings (SSSR count). The van der Waals surface area contributed by atoms with Gasteiger partial charge in [0.15, 0.2) is 0 Å². The number of rotatable bonds is 2. The molecule has 0 aliphatic heterocycles. The van der Waals surface area contributed by atoms with Crippen LogP contribution in [-0.4, -0.2) is 9.38 Å². The summed E-state index contributed by atoms with van der Waals surface area (Å²) in [6, 6.07) is 33.9. The molecule has 8 aromatic rings. The van der Waals surface area contributed by atoms with Crippen LogP contribution < -0.4 is 0 Å². The van der Waals surface area contributed by atoms with Crippen LogP contribution in [-0.2, 0) is 11.8 Å². The summed E-state index contributed by atoms with van der Waals surface area (Å²) < 4.78 is 2.58. The zero-order chi connectivity index (χ0) is 29.0. The predicted molar refractivity (Wildman–Crippen MR) is 181 cm³/mol. The lowest BCUT2D eigenvalue weighted by atomic mass is 9.82. The molecule has 0 N–H and O–H groups in total. The van der Waals surface area contributed by atoms with E-state index in [1.807, 2.05) is 6.20 Å². The summed E-state index contributed by atoms with van der Waals surface area (Å²) in [5, 5.41) is 8.98. The summed E-state index contributed by atoms with van der Waals surface area (Å²) in [5.74, 6) is 0. The highest BCUT2D eigenvalue weighted by Gasteiger charge is 2.26. The van der Waals surface area contributed by atoms with E-state index >= 15 is 0 Å². The van der Waals surface area contributed by atoms with Gasteiger partial charge in [0.05, 0.1) is 22.1 Å². The Morgan fingerprint density at radius 2 is 1.40 bits per heavy atom. The predicted octanol–water partition coefficient (Wildman–Crippen LogP) is 11.1. The third-order valence-electron chi connectivity index (χ3n) is 9.02. The van der Waals surface area contributed by atoms with E-state index in [1.54, 1.807) is 0 Å². The molecule has 0 saturated heterocycles. The third kappa shape index (κ3) is 3.61. The fraction of sp³-hybridized carbons (Fsp3) is 0.225. The largest absolute Gasteiger partial charge is 0.308 e. The van der Waals surface area contributed by atoms with Gasteiger partial charge in [0, 0.05) is 27.7 Å². The molecule has 42 heavy (non-hydrogen) atoms. The van der Waals surface area contributed by atoms with Crippen LogP contribution in [0.1, 0.15) is 52.7 Å². The number of hydrogen-bond acceptors (Lipinski definition) is 1. The standard InChI is InChI=1S/C40H36N2/c1-39(2,3)23-32-28-17-16-27(40(4,5)6)20-26(28)22-31-36-34-25(18-19-41-36)21-30(24-12-8-7-9-13-24)35-29-14-10-11-15-33(29)42(37(31)32)38(34)35/h7-22H,23H2,1-6H3. The van der Waals surface area contributed by atoms with E-state index in [2.05, 4.69) is 137 Å². The van der Waals surface area contributed by atoms with Crippen molar-refractivity contribution < 1.29 is 0 Å². The smallest absolute Gasteiger partial charge is 0.0823 e. The van der Waals surface area contributed by atoms with Crippen LogP contribution in [0.15, 0.2) is 97.2 Å². The second-order valence-corrected chi connectivity index (χ2v) is 14.3. The third-order valence-corrected chi connectivity index (χ3v) is 9.02. The van der Waals surface area contributed by atoms with Crippen molar-refractivity contribution in [2.45, 2.75) is 53.4 Å². The summed E-state index contributed by atoms with van der Waals surface area (Å²) in [4.78, 5) is 5.14. The first kappa shape index (κ1) is 25.3. The maximum absolute atomic E-state index is 5.14. The van der Waals surface area contributed by atoms with Crippen molar-refractivity contribution in [1.29, 1.82) is 0 Å². The van der Waals surface area contributed by atoms with Crippen molar-refractivity contribution in [3.05, 3.63) is 108 Å². The van der Waals surface area contributed by atoms with Crippen molar-refractivity contribution in [1.82, 2.24) is 9.38 Å². The molecule has 3 heterocycles. The number of hydrogen-bond donors (Lipinski definition) is 0. The summed E-state index contributed by atoms with van der Waals surface area (Å²) in [6.45, 7) is 14.0. The molecule has 0 unspecified atom stereocenters. The highest BCUT2D eigenvalue weighted by atomic mass is 14.9. The summed E-state index contributed by atoms with van der Waals surface area (Å²) in [7, 11) is 0. The monoisotopic (exact) mass is 544 g/mol. The molecule has 2 heteroatoms. The maximum atomic E-state index is 5.14. The molecule has 5 aromatic carbocycles. The molecule has 0 radical (unpaired) electrons. The van der Waals surface area contributed by atoms with Gasteiger partial charge in [-0.05, 0) is 79.9 Å². The first-order chi connectivity index (χ1) is 20.1. The number of aromatic nitrogens is 2. The van der Waals surface area contributed by atoms with Crippen molar-refractivity contribution in [2.24, 2.45) is 5.41 Å². The van der Waals surface area contributed by atoms with Crippen LogP contribution in [0, 0.1) is 5.41 Å². The highest BCUT2D eigenvalue weighted by molar-refractivity contribution is 6.31. The van der Waals surface area contributed by atoms with Crippen LogP contribution in [0.3, 0.4) is 0 Å². The number of pyridine rings is 2. The second-order valence-electron chi connectivity index (χ2n) is 14.3. The van der Waals surface area contributed by atoms with Crippen molar-refractivity contribution in [3.63, 3.8) is 0 Å². The van der Waals surface area contributed by atoms with Crippen LogP contribution in [0.2, 0.25) is 0 Å². The van der Waals surface area contributed by atoms with Gasteiger partial charge in [-0.15, -0.1) is 0 Å². The van der Waals surface area contributed by atoms with Gasteiger partial charge in [0.2, 0.25) is 0 Å². The zero-order valence-corrected chi connectivity index (χ0v) is 25.3. The van der Waals surface area contributed by atoms with Gasteiger partial charge in [-0.2, -0.15) is 0 Å². The van der Waals surface area contributed by atoms with Crippen LogP contribution >= 0.6 is 0 Å². The Balaban J connectivity index is 1.69. The van der Waals surface area contributed by atoms with E-state index in [0.29, 0.717) is 0 Å². The molecule has 2 nitrogen and oxygen atoms in total. The molecular formula is C40H36N2. The van der Waals surface area contributed by atoms with Gasteiger partial charge in [-0.3, -0.25) is 4.98 Å². The Hall–Kier alpha value is -4.43. The number of benzene rings is 5. The molecule has 0 aliphatic rings. The fourth-order valence-electron chi connectivity index (χ4n) is 7.19. The number of nitrogens with zero attached hydrogens (tertiary/aromatic N) is 2. The van der Waals surface area contributed by atoms with Crippen LogP contribution in [0.4, 0.5) is 0 Å². The molecular weight excluding hydrogens is 508 g/mol. The first-order valence-corrected chi connectivity index (χ1v) is 15.1. The van der Waals surface area contributed by atoms with Crippen LogP contribution in [0.25, 0.3) is 70.9 Å². The lowest BCUT2D eigenvalue weighted by molar-refractivity contribution is 0.413. The lowest BCUT2D eigenvalue weighted by Crippen LogP contribution is -2.13. The minimum atomic E-state index is 0.0791. The van der Waals surface area contributed by atoms with E-state index in [9.17, 15) is 0 Å². The first-order valence-electron chi connectivity index (χ1n) is 15.1. The van der Waals surface area contributed by atoms with Gasteiger partial charge in [-0.25, -0.2) is 0 Å². The molecule has 0 spiro atoms. The quantitative estimate of drug-likeness (QED) is 0.156. The Kier molecular flexibility index (Phi) is 5.15. The minimum absolute atomic E-state index is 0.0791. The number of fused-ring (bicyclic) bond motifs is 7. The Morgan fingerprint density at radius 1 is 0.643 bits per heavy atom. The zero-order valence-electron chi connectivity index (χ0n) is 25.3. The average Bonchev–Trinajstić information content (AvgIpc) is 3.31. The second kappa shape index (κ2) is 8.55. The maximum Gasteiger partial charge on any atom is 0.0823 e. The Morgan fingerprint density at radius 3 is 2.17 bits per heavy atom. The molecule has 3 aromatic heterocycles. The van der Waals surface area contributed by atoms with E-state index in [0.717, 1.165) is 11.9 Å². The van der Waals surface area contributed by atoms with Crippen molar-refractivity contribution >= 4 is 59.8 Å². The van der Waals surface area contributed by atoms with Gasteiger partial charge >= 0.3 is 0 Å². The molecule has 0 aliphatic carbocycles. The normalized spacial score (nSPS) is 13.1. The molecule has 0 amide bonds. The van der Waals surface area contributed by atoms with E-state index in [-0.39, 0.29) is 10.8 Å². The van der Waals surface area contributed by atoms with E-state index in [4.69, 9.17) is 4.98 Å². The Bertz CT molecular complexity index is 2320. The van der Waals surface area contributed by atoms with Gasteiger partial charge < -0.3 is 4.40 Å². The van der Waals surface area contributed by atoms with Crippen LogP contribution in [0.5, 0.6) is 0 Å². The molecule has 0 atom stereocenters. The van der Waals surface area contributed by atoms with Crippen molar-refractivity contribution in [3.8, 4) is 11.1 Å². The molecule has 206 valence electrons. The Labute approximate surface area is 246 Å². The SMILES string of the molecule is CC(C)(C)Cc1c2ccc(C(C)(C)C)cc2cc2c3nccc4cc(-c5ccccc5)c5c6ccccc6n(c12)c5c43. The highest BCUT2D eigenvalue weighted by Crippen LogP contribution is 2.47. The van der Waals surface area contributed by atoms with Gasteiger partial charge in [0.1, 0.15) is 0 Å².